The Kier molecular flexibility index (Phi) is 2.92. The van der Waals surface area contributed by atoms with Crippen molar-refractivity contribution in [1.29, 1.82) is 0 Å². The van der Waals surface area contributed by atoms with Crippen molar-refractivity contribution in [3.63, 3.8) is 0 Å². The predicted octanol–water partition coefficient (Wildman–Crippen LogP) is 2.04. The van der Waals surface area contributed by atoms with E-state index < -0.39 is 0 Å². The average molecular weight is 202 g/mol. The lowest BCUT2D eigenvalue weighted by Gasteiger charge is -2.19. The molecule has 2 aliphatic heterocycles. The van der Waals surface area contributed by atoms with Crippen molar-refractivity contribution in [2.75, 3.05) is 6.54 Å². The van der Waals surface area contributed by atoms with Gasteiger partial charge in [0.05, 0.1) is 12.2 Å². The second-order valence-electron chi connectivity index (χ2n) is 4.05. The van der Waals surface area contributed by atoms with Crippen LogP contribution in [-0.4, -0.2) is 24.8 Å². The minimum Gasteiger partial charge on any atom is -0.373 e. The van der Waals surface area contributed by atoms with E-state index in [1.807, 2.05) is 6.92 Å². The molecule has 74 valence electrons. The lowest BCUT2D eigenvalue weighted by atomic mass is 9.95. The van der Waals surface area contributed by atoms with E-state index in [0.717, 1.165) is 6.54 Å². The summed E-state index contributed by atoms with van der Waals surface area (Å²) in [6, 6.07) is 0.560. The van der Waals surface area contributed by atoms with Gasteiger partial charge in [-0.2, -0.15) is 0 Å². The minimum absolute atomic E-state index is 0.466. The van der Waals surface area contributed by atoms with E-state index in [-0.39, 0.29) is 0 Å². The molecule has 1 N–H and O–H groups in total. The lowest BCUT2D eigenvalue weighted by molar-refractivity contribution is 0.0978. The molecule has 2 aliphatic rings. The van der Waals surface area contributed by atoms with Gasteiger partial charge in [0.1, 0.15) is 0 Å². The Morgan fingerprint density at radius 2 is 2.46 bits per heavy atom. The molecule has 2 fully saturated rings. The van der Waals surface area contributed by atoms with Gasteiger partial charge >= 0.3 is 0 Å². The summed E-state index contributed by atoms with van der Waals surface area (Å²) in [5.74, 6) is 0. The number of halogens is 1. The van der Waals surface area contributed by atoms with Crippen LogP contribution < -0.4 is 5.32 Å². The standard InChI is InChI=1S/C10H16ClNO/c1-7(5-11)6-12-9-4-8-2-3-10(9)13-8/h5,8-10,12H,2-4,6H2,1H3. The van der Waals surface area contributed by atoms with E-state index in [0.29, 0.717) is 18.2 Å². The van der Waals surface area contributed by atoms with Crippen molar-refractivity contribution in [3.8, 4) is 0 Å². The first-order valence-corrected chi connectivity index (χ1v) is 5.38. The van der Waals surface area contributed by atoms with Crippen LogP contribution in [0.5, 0.6) is 0 Å². The molecule has 2 rings (SSSR count). The van der Waals surface area contributed by atoms with Crippen molar-refractivity contribution in [2.24, 2.45) is 0 Å². The maximum absolute atomic E-state index is 5.74. The zero-order valence-corrected chi connectivity index (χ0v) is 8.68. The van der Waals surface area contributed by atoms with E-state index in [9.17, 15) is 0 Å². The topological polar surface area (TPSA) is 21.3 Å². The predicted molar refractivity (Wildman–Crippen MR) is 53.9 cm³/mol. The number of rotatable bonds is 3. The monoisotopic (exact) mass is 201 g/mol. The van der Waals surface area contributed by atoms with E-state index in [1.165, 1.54) is 24.8 Å². The molecule has 2 heterocycles. The van der Waals surface area contributed by atoms with E-state index in [4.69, 9.17) is 16.3 Å². The van der Waals surface area contributed by atoms with Crippen molar-refractivity contribution < 1.29 is 4.74 Å². The maximum Gasteiger partial charge on any atom is 0.0733 e. The number of ether oxygens (including phenoxy) is 1. The molecule has 3 atom stereocenters. The number of hydrogen-bond donors (Lipinski definition) is 1. The number of fused-ring (bicyclic) bond motifs is 2. The first kappa shape index (κ1) is 9.50. The summed E-state index contributed by atoms with van der Waals surface area (Å²) in [6.07, 6.45) is 4.66. The van der Waals surface area contributed by atoms with Crippen molar-refractivity contribution in [3.05, 3.63) is 11.1 Å². The van der Waals surface area contributed by atoms with Crippen LogP contribution in [0.2, 0.25) is 0 Å². The number of nitrogens with one attached hydrogen (secondary N) is 1. The van der Waals surface area contributed by atoms with E-state index in [2.05, 4.69) is 5.32 Å². The maximum atomic E-state index is 5.74. The van der Waals surface area contributed by atoms with Crippen LogP contribution >= 0.6 is 11.6 Å². The normalized spacial score (nSPS) is 38.6. The second kappa shape index (κ2) is 3.99. The molecule has 2 bridgehead atoms. The lowest BCUT2D eigenvalue weighted by Crippen LogP contribution is -2.38. The van der Waals surface area contributed by atoms with Crippen LogP contribution in [0.15, 0.2) is 11.1 Å². The molecule has 0 amide bonds. The first-order valence-electron chi connectivity index (χ1n) is 4.94. The van der Waals surface area contributed by atoms with Crippen LogP contribution in [-0.2, 0) is 4.74 Å². The summed E-state index contributed by atoms with van der Waals surface area (Å²) in [6.45, 7) is 2.93. The Morgan fingerprint density at radius 3 is 3.00 bits per heavy atom. The molecule has 0 aromatic heterocycles. The van der Waals surface area contributed by atoms with Crippen LogP contribution in [0.25, 0.3) is 0 Å². The Labute approximate surface area is 84.3 Å². The fourth-order valence-electron chi connectivity index (χ4n) is 2.18. The van der Waals surface area contributed by atoms with Crippen LogP contribution in [0.1, 0.15) is 26.2 Å². The highest BCUT2D eigenvalue weighted by molar-refractivity contribution is 6.25. The van der Waals surface area contributed by atoms with Gasteiger partial charge in [-0.1, -0.05) is 11.6 Å². The summed E-state index contributed by atoms with van der Waals surface area (Å²) in [5.41, 5.74) is 2.82. The summed E-state index contributed by atoms with van der Waals surface area (Å²) in [4.78, 5) is 0. The van der Waals surface area contributed by atoms with Crippen LogP contribution in [0.4, 0.5) is 0 Å². The Hall–Kier alpha value is -0.0500. The smallest absolute Gasteiger partial charge is 0.0733 e. The molecule has 0 radical (unpaired) electrons. The highest BCUT2D eigenvalue weighted by atomic mass is 35.5. The molecule has 0 aliphatic carbocycles. The fourth-order valence-corrected chi connectivity index (χ4v) is 2.26. The third kappa shape index (κ3) is 2.06. The first-order chi connectivity index (χ1) is 6.29. The Bertz CT molecular complexity index is 217. The summed E-state index contributed by atoms with van der Waals surface area (Å²) in [5, 5.41) is 3.49. The van der Waals surface area contributed by atoms with Gasteiger partial charge in [0.15, 0.2) is 0 Å². The molecule has 0 saturated carbocycles. The second-order valence-corrected chi connectivity index (χ2v) is 4.27. The fraction of sp³-hybridized carbons (Fsp3) is 0.800. The molecule has 0 aromatic rings. The summed E-state index contributed by atoms with van der Waals surface area (Å²) in [7, 11) is 0. The molecular weight excluding hydrogens is 186 g/mol. The van der Waals surface area contributed by atoms with Gasteiger partial charge in [0.2, 0.25) is 0 Å². The summed E-state index contributed by atoms with van der Waals surface area (Å²) < 4.78 is 5.74. The zero-order valence-electron chi connectivity index (χ0n) is 7.92. The molecule has 0 aromatic carbocycles. The SMILES string of the molecule is CC(=CCl)CNC1CC2CCC1O2. The Balaban J connectivity index is 1.77. The van der Waals surface area contributed by atoms with Gasteiger partial charge < -0.3 is 10.1 Å². The Morgan fingerprint density at radius 1 is 1.62 bits per heavy atom. The van der Waals surface area contributed by atoms with Gasteiger partial charge in [-0.3, -0.25) is 0 Å². The third-order valence-electron chi connectivity index (χ3n) is 2.94. The van der Waals surface area contributed by atoms with Crippen molar-refractivity contribution in [1.82, 2.24) is 5.32 Å². The molecule has 13 heavy (non-hydrogen) atoms. The van der Waals surface area contributed by atoms with Gasteiger partial charge in [-0.15, -0.1) is 0 Å². The molecule has 2 saturated heterocycles. The van der Waals surface area contributed by atoms with Crippen molar-refractivity contribution in [2.45, 2.75) is 44.4 Å². The van der Waals surface area contributed by atoms with Gasteiger partial charge in [0.25, 0.3) is 0 Å². The summed E-state index contributed by atoms with van der Waals surface area (Å²) >= 11 is 5.58. The average Bonchev–Trinajstić information content (AvgIpc) is 2.74. The van der Waals surface area contributed by atoms with Gasteiger partial charge in [0, 0.05) is 18.1 Å². The molecule has 2 nitrogen and oxygen atoms in total. The minimum atomic E-state index is 0.466. The number of hydrogen-bond acceptors (Lipinski definition) is 2. The highest BCUT2D eigenvalue weighted by Crippen LogP contribution is 2.34. The largest absolute Gasteiger partial charge is 0.373 e. The van der Waals surface area contributed by atoms with Gasteiger partial charge in [-0.25, -0.2) is 0 Å². The molecule has 0 spiro atoms. The highest BCUT2D eigenvalue weighted by Gasteiger charge is 2.40. The molecule has 3 unspecified atom stereocenters. The van der Waals surface area contributed by atoms with Crippen molar-refractivity contribution >= 4 is 11.6 Å². The van der Waals surface area contributed by atoms with E-state index in [1.54, 1.807) is 5.54 Å². The third-order valence-corrected chi connectivity index (χ3v) is 3.31. The quantitative estimate of drug-likeness (QED) is 0.755. The van der Waals surface area contributed by atoms with Gasteiger partial charge in [-0.05, 0) is 31.8 Å². The van der Waals surface area contributed by atoms with Crippen LogP contribution in [0, 0.1) is 0 Å². The van der Waals surface area contributed by atoms with Crippen LogP contribution in [0.3, 0.4) is 0 Å². The molecular formula is C10H16ClNO. The van der Waals surface area contributed by atoms with E-state index >= 15 is 0 Å². The molecule has 3 heteroatoms. The zero-order chi connectivity index (χ0) is 9.26.